The van der Waals surface area contributed by atoms with Gasteiger partial charge in [-0.05, 0) is 18.8 Å². The number of rotatable bonds is 16. The molecule has 0 heterocycles. The Bertz CT molecular complexity index is 182. The van der Waals surface area contributed by atoms with Crippen LogP contribution in [0.25, 0.3) is 0 Å². The first-order valence-corrected chi connectivity index (χ1v) is 9.47. The van der Waals surface area contributed by atoms with E-state index in [-0.39, 0.29) is 0 Å². The van der Waals surface area contributed by atoms with E-state index in [2.05, 4.69) is 26.5 Å². The van der Waals surface area contributed by atoms with Crippen molar-refractivity contribution in [3.63, 3.8) is 0 Å². The molecule has 0 aromatic rings. The third-order valence-corrected chi connectivity index (χ3v) is 4.54. The highest BCUT2D eigenvalue weighted by Crippen LogP contribution is 2.16. The highest BCUT2D eigenvalue weighted by Gasteiger charge is 2.00. The quantitative estimate of drug-likeness (QED) is 0.201. The molecule has 0 rings (SSSR count). The van der Waals surface area contributed by atoms with E-state index in [4.69, 9.17) is 0 Å². The van der Waals surface area contributed by atoms with Gasteiger partial charge in [0.05, 0.1) is 0 Å². The SMILES string of the molecule is C=CC(CC)CCCCCCCCCCCCCCC. The molecular weight excluding hydrogens is 240 g/mol. The second kappa shape index (κ2) is 16.8. The Morgan fingerprint density at radius 1 is 0.650 bits per heavy atom. The first kappa shape index (κ1) is 19.7. The van der Waals surface area contributed by atoms with Crippen LogP contribution in [0, 0.1) is 5.92 Å². The Morgan fingerprint density at radius 2 is 1.05 bits per heavy atom. The molecule has 1 atom stereocenters. The van der Waals surface area contributed by atoms with E-state index in [0.29, 0.717) is 0 Å². The predicted octanol–water partition coefficient (Wildman–Crippen LogP) is 7.68. The fraction of sp³-hybridized carbons (Fsp3) is 0.900. The summed E-state index contributed by atoms with van der Waals surface area (Å²) in [6.45, 7) is 8.48. The zero-order valence-corrected chi connectivity index (χ0v) is 14.5. The molecular formula is C20H40. The first-order valence-electron chi connectivity index (χ1n) is 9.47. The molecule has 0 fully saturated rings. The van der Waals surface area contributed by atoms with Crippen LogP contribution < -0.4 is 0 Å². The molecule has 20 heavy (non-hydrogen) atoms. The average Bonchev–Trinajstić information content (AvgIpc) is 2.48. The lowest BCUT2D eigenvalue weighted by molar-refractivity contribution is 0.500. The zero-order valence-electron chi connectivity index (χ0n) is 14.5. The molecule has 0 N–H and O–H groups in total. The topological polar surface area (TPSA) is 0 Å². The van der Waals surface area contributed by atoms with Crippen molar-refractivity contribution in [2.24, 2.45) is 5.92 Å². The Hall–Kier alpha value is -0.260. The van der Waals surface area contributed by atoms with Crippen LogP contribution in [0.3, 0.4) is 0 Å². The molecule has 0 heteroatoms. The summed E-state index contributed by atoms with van der Waals surface area (Å²) in [5.41, 5.74) is 0. The molecule has 0 aromatic carbocycles. The van der Waals surface area contributed by atoms with Gasteiger partial charge < -0.3 is 0 Å². The molecule has 0 saturated heterocycles. The second-order valence-electron chi connectivity index (χ2n) is 6.44. The molecule has 0 radical (unpaired) electrons. The van der Waals surface area contributed by atoms with Gasteiger partial charge in [0.2, 0.25) is 0 Å². The molecule has 0 bridgehead atoms. The van der Waals surface area contributed by atoms with E-state index in [1.165, 1.54) is 96.3 Å². The van der Waals surface area contributed by atoms with E-state index in [9.17, 15) is 0 Å². The minimum absolute atomic E-state index is 0.766. The smallest absolute Gasteiger partial charge is 0.0239 e. The molecule has 0 aromatic heterocycles. The van der Waals surface area contributed by atoms with Crippen molar-refractivity contribution in [2.45, 2.75) is 110 Å². The summed E-state index contributed by atoms with van der Waals surface area (Å²) in [5, 5.41) is 0. The summed E-state index contributed by atoms with van der Waals surface area (Å²) < 4.78 is 0. The summed E-state index contributed by atoms with van der Waals surface area (Å²) in [4.78, 5) is 0. The van der Waals surface area contributed by atoms with Gasteiger partial charge in [0.1, 0.15) is 0 Å². The van der Waals surface area contributed by atoms with Crippen LogP contribution in [0.4, 0.5) is 0 Å². The van der Waals surface area contributed by atoms with Crippen molar-refractivity contribution in [1.82, 2.24) is 0 Å². The molecule has 0 nitrogen and oxygen atoms in total. The van der Waals surface area contributed by atoms with Crippen LogP contribution in [-0.4, -0.2) is 0 Å². The number of hydrogen-bond acceptors (Lipinski definition) is 0. The van der Waals surface area contributed by atoms with Gasteiger partial charge in [-0.3, -0.25) is 0 Å². The molecule has 120 valence electrons. The lowest BCUT2D eigenvalue weighted by atomic mass is 9.98. The minimum Gasteiger partial charge on any atom is -0.103 e. The molecule has 0 amide bonds. The molecule has 0 spiro atoms. The second-order valence-corrected chi connectivity index (χ2v) is 6.44. The van der Waals surface area contributed by atoms with Crippen molar-refractivity contribution in [1.29, 1.82) is 0 Å². The van der Waals surface area contributed by atoms with E-state index >= 15 is 0 Å². The number of hydrogen-bond donors (Lipinski definition) is 0. The Balaban J connectivity index is 3.04. The maximum atomic E-state index is 3.91. The lowest BCUT2D eigenvalue weighted by Crippen LogP contribution is -1.93. The Kier molecular flexibility index (Phi) is 16.6. The van der Waals surface area contributed by atoms with E-state index in [1.54, 1.807) is 0 Å². The van der Waals surface area contributed by atoms with Crippen molar-refractivity contribution in [3.05, 3.63) is 12.7 Å². The third-order valence-electron chi connectivity index (χ3n) is 4.54. The number of allylic oxidation sites excluding steroid dienone is 1. The van der Waals surface area contributed by atoms with Gasteiger partial charge in [0.15, 0.2) is 0 Å². The number of unbranched alkanes of at least 4 members (excludes halogenated alkanes) is 12. The highest BCUT2D eigenvalue weighted by molar-refractivity contribution is 4.77. The largest absolute Gasteiger partial charge is 0.103 e. The van der Waals surface area contributed by atoms with Crippen molar-refractivity contribution < 1.29 is 0 Å². The molecule has 1 unspecified atom stereocenters. The standard InChI is InChI=1S/C20H40/c1-4-7-8-9-10-11-12-13-14-15-16-17-18-19-20(5-2)6-3/h5,20H,2,4,6-19H2,1,3H3. The van der Waals surface area contributed by atoms with Crippen LogP contribution in [0.1, 0.15) is 110 Å². The van der Waals surface area contributed by atoms with E-state index in [0.717, 1.165) is 5.92 Å². The summed E-state index contributed by atoms with van der Waals surface area (Å²) in [6.07, 6.45) is 23.6. The molecule has 0 aliphatic rings. The first-order chi connectivity index (χ1) is 9.85. The van der Waals surface area contributed by atoms with Gasteiger partial charge in [0, 0.05) is 0 Å². The van der Waals surface area contributed by atoms with Crippen molar-refractivity contribution in [2.75, 3.05) is 0 Å². The van der Waals surface area contributed by atoms with Gasteiger partial charge >= 0.3 is 0 Å². The lowest BCUT2D eigenvalue weighted by Gasteiger charge is -2.08. The van der Waals surface area contributed by atoms with Gasteiger partial charge in [-0.25, -0.2) is 0 Å². The third kappa shape index (κ3) is 14.2. The maximum Gasteiger partial charge on any atom is -0.0239 e. The highest BCUT2D eigenvalue weighted by atomic mass is 14.1. The molecule has 0 saturated carbocycles. The van der Waals surface area contributed by atoms with Crippen LogP contribution in [-0.2, 0) is 0 Å². The van der Waals surface area contributed by atoms with Crippen LogP contribution >= 0.6 is 0 Å². The minimum atomic E-state index is 0.766. The van der Waals surface area contributed by atoms with Gasteiger partial charge in [-0.2, -0.15) is 0 Å². The van der Waals surface area contributed by atoms with Crippen LogP contribution in [0.15, 0.2) is 12.7 Å². The Labute approximate surface area is 129 Å². The average molecular weight is 281 g/mol. The molecule has 0 aliphatic carbocycles. The van der Waals surface area contributed by atoms with Crippen LogP contribution in [0.2, 0.25) is 0 Å². The van der Waals surface area contributed by atoms with Crippen molar-refractivity contribution in [3.8, 4) is 0 Å². The normalized spacial score (nSPS) is 12.5. The predicted molar refractivity (Wildman–Crippen MR) is 94.3 cm³/mol. The summed E-state index contributed by atoms with van der Waals surface area (Å²) in [7, 11) is 0. The van der Waals surface area contributed by atoms with Gasteiger partial charge in [0.25, 0.3) is 0 Å². The van der Waals surface area contributed by atoms with Crippen LogP contribution in [0.5, 0.6) is 0 Å². The van der Waals surface area contributed by atoms with Crippen molar-refractivity contribution >= 4 is 0 Å². The van der Waals surface area contributed by atoms with E-state index in [1.807, 2.05) is 0 Å². The fourth-order valence-corrected chi connectivity index (χ4v) is 2.91. The summed E-state index contributed by atoms with van der Waals surface area (Å²) >= 11 is 0. The monoisotopic (exact) mass is 280 g/mol. The Morgan fingerprint density at radius 3 is 1.40 bits per heavy atom. The van der Waals surface area contributed by atoms with Gasteiger partial charge in [-0.15, -0.1) is 6.58 Å². The molecule has 0 aliphatic heterocycles. The summed E-state index contributed by atoms with van der Waals surface area (Å²) in [6, 6.07) is 0. The van der Waals surface area contributed by atoms with E-state index < -0.39 is 0 Å². The summed E-state index contributed by atoms with van der Waals surface area (Å²) in [5.74, 6) is 0.766. The fourth-order valence-electron chi connectivity index (χ4n) is 2.91. The van der Waals surface area contributed by atoms with Gasteiger partial charge in [-0.1, -0.05) is 103 Å². The zero-order chi connectivity index (χ0) is 14.9. The maximum absolute atomic E-state index is 3.91.